The number of nitrogens with one attached hydrogen (secondary N) is 1. The maximum Gasteiger partial charge on any atom is 0.242 e. The lowest BCUT2D eigenvalue weighted by Gasteiger charge is -2.21. The first kappa shape index (κ1) is 17.4. The van der Waals surface area contributed by atoms with Crippen LogP contribution in [0.3, 0.4) is 0 Å². The molecule has 25 heavy (non-hydrogen) atoms. The smallest absolute Gasteiger partial charge is 0.242 e. The molecule has 1 aromatic carbocycles. The maximum atomic E-state index is 12.8. The predicted molar refractivity (Wildman–Crippen MR) is 93.9 cm³/mol. The fourth-order valence-electron chi connectivity index (χ4n) is 3.40. The average Bonchev–Trinajstić information content (AvgIpc) is 2.76. The number of aryl methyl sites for hydroxylation is 1. The van der Waals surface area contributed by atoms with E-state index in [1.165, 1.54) is 6.92 Å². The zero-order valence-corrected chi connectivity index (χ0v) is 14.6. The van der Waals surface area contributed by atoms with Gasteiger partial charge in [-0.25, -0.2) is 4.98 Å². The van der Waals surface area contributed by atoms with Crippen molar-refractivity contribution in [3.63, 3.8) is 0 Å². The number of benzene rings is 1. The van der Waals surface area contributed by atoms with Gasteiger partial charge >= 0.3 is 0 Å². The van der Waals surface area contributed by atoms with Crippen LogP contribution < -0.4 is 5.32 Å². The van der Waals surface area contributed by atoms with Crippen LogP contribution in [0.4, 0.5) is 0 Å². The van der Waals surface area contributed by atoms with E-state index in [1.54, 1.807) is 4.90 Å². The van der Waals surface area contributed by atoms with Gasteiger partial charge in [0.05, 0.1) is 23.2 Å². The van der Waals surface area contributed by atoms with Crippen LogP contribution in [-0.2, 0) is 16.1 Å². The number of imidazole rings is 1. The Morgan fingerprint density at radius 2 is 2.00 bits per heavy atom. The van der Waals surface area contributed by atoms with E-state index in [0.717, 1.165) is 16.9 Å². The van der Waals surface area contributed by atoms with Gasteiger partial charge in [-0.2, -0.15) is 0 Å². The lowest BCUT2D eigenvalue weighted by atomic mass is 10.1. The predicted octanol–water partition coefficient (Wildman–Crippen LogP) is 0.833. The van der Waals surface area contributed by atoms with E-state index in [0.29, 0.717) is 25.9 Å². The maximum absolute atomic E-state index is 12.8. The number of nitrogens with zero attached hydrogens (tertiary/aromatic N) is 3. The average molecular weight is 344 g/mol. The summed E-state index contributed by atoms with van der Waals surface area (Å²) in [7, 11) is 0. The number of likely N-dealkylation sites (tertiary alicyclic amines) is 1. The molecule has 2 aromatic rings. The second-order valence-electron chi connectivity index (χ2n) is 6.57. The number of para-hydroxylation sites is 2. The Hall–Kier alpha value is -2.41. The van der Waals surface area contributed by atoms with Gasteiger partial charge < -0.3 is 19.9 Å². The molecule has 134 valence electrons. The van der Waals surface area contributed by atoms with E-state index >= 15 is 0 Å². The minimum Gasteiger partial charge on any atom is -0.391 e. The summed E-state index contributed by atoms with van der Waals surface area (Å²) in [5, 5.41) is 12.9. The van der Waals surface area contributed by atoms with Crippen molar-refractivity contribution < 1.29 is 14.7 Å². The van der Waals surface area contributed by atoms with Gasteiger partial charge in [-0.3, -0.25) is 9.59 Å². The Labute approximate surface area is 146 Å². The standard InChI is InChI=1S/C18H24N4O3/c1-12-19-14-5-3-4-6-16(14)22(12)11-18(25)21-9-7-15(20-13(2)23)17(24)8-10-21/h3-6,15,17,24H,7-11H2,1-2H3,(H,20,23)/t15-,17-/m0/s1. The van der Waals surface area contributed by atoms with Crippen molar-refractivity contribution in [1.82, 2.24) is 19.8 Å². The molecule has 1 aliphatic heterocycles. The monoisotopic (exact) mass is 344 g/mol. The van der Waals surface area contributed by atoms with E-state index in [9.17, 15) is 14.7 Å². The number of carbonyl (C=O) groups is 2. The second kappa shape index (κ2) is 7.23. The number of rotatable bonds is 3. The molecule has 2 amide bonds. The van der Waals surface area contributed by atoms with Gasteiger partial charge in [0, 0.05) is 20.0 Å². The van der Waals surface area contributed by atoms with Crippen molar-refractivity contribution in [2.24, 2.45) is 0 Å². The molecule has 1 aliphatic rings. The number of aliphatic hydroxyl groups is 1. The summed E-state index contributed by atoms with van der Waals surface area (Å²) < 4.78 is 1.92. The van der Waals surface area contributed by atoms with Gasteiger partial charge in [0.1, 0.15) is 12.4 Å². The molecule has 1 fully saturated rings. The molecule has 0 radical (unpaired) electrons. The number of aromatic nitrogens is 2. The topological polar surface area (TPSA) is 87.5 Å². The van der Waals surface area contributed by atoms with Gasteiger partial charge in [0.2, 0.25) is 11.8 Å². The molecule has 1 saturated heterocycles. The zero-order valence-electron chi connectivity index (χ0n) is 14.6. The van der Waals surface area contributed by atoms with Crippen LogP contribution in [0.25, 0.3) is 11.0 Å². The van der Waals surface area contributed by atoms with Gasteiger partial charge in [0.25, 0.3) is 0 Å². The minimum atomic E-state index is -0.627. The third-order valence-corrected chi connectivity index (χ3v) is 4.75. The van der Waals surface area contributed by atoms with Crippen LogP contribution in [0.1, 0.15) is 25.6 Å². The first-order chi connectivity index (χ1) is 12.0. The third-order valence-electron chi connectivity index (χ3n) is 4.75. The molecule has 0 spiro atoms. The summed E-state index contributed by atoms with van der Waals surface area (Å²) in [5.74, 6) is 0.645. The van der Waals surface area contributed by atoms with Crippen LogP contribution >= 0.6 is 0 Å². The molecule has 2 atom stereocenters. The first-order valence-corrected chi connectivity index (χ1v) is 8.60. The highest BCUT2D eigenvalue weighted by molar-refractivity contribution is 5.81. The molecule has 7 nitrogen and oxygen atoms in total. The van der Waals surface area contributed by atoms with Crippen molar-refractivity contribution in [3.8, 4) is 0 Å². The van der Waals surface area contributed by atoms with Crippen molar-refractivity contribution in [3.05, 3.63) is 30.1 Å². The van der Waals surface area contributed by atoms with Crippen LogP contribution in [0.2, 0.25) is 0 Å². The molecule has 0 unspecified atom stereocenters. The molecule has 1 aromatic heterocycles. The first-order valence-electron chi connectivity index (χ1n) is 8.60. The van der Waals surface area contributed by atoms with Crippen molar-refractivity contribution in [1.29, 1.82) is 0 Å². The molecule has 0 saturated carbocycles. The van der Waals surface area contributed by atoms with Crippen molar-refractivity contribution >= 4 is 22.8 Å². The molecule has 3 rings (SSSR count). The Morgan fingerprint density at radius 3 is 2.76 bits per heavy atom. The molecule has 0 aliphatic carbocycles. The number of hydrogen-bond acceptors (Lipinski definition) is 4. The SMILES string of the molecule is CC(=O)N[C@H]1CCN(C(=O)Cn2c(C)nc3ccccc32)CC[C@@H]1O. The van der Waals surface area contributed by atoms with E-state index in [4.69, 9.17) is 0 Å². The van der Waals surface area contributed by atoms with Gasteiger partial charge in [0.15, 0.2) is 0 Å². The summed E-state index contributed by atoms with van der Waals surface area (Å²) in [6, 6.07) is 7.46. The summed E-state index contributed by atoms with van der Waals surface area (Å²) in [6.45, 7) is 4.57. The lowest BCUT2D eigenvalue weighted by molar-refractivity contribution is -0.131. The summed E-state index contributed by atoms with van der Waals surface area (Å²) in [4.78, 5) is 30.3. The van der Waals surface area contributed by atoms with Crippen LogP contribution in [0.5, 0.6) is 0 Å². The number of amides is 2. The highest BCUT2D eigenvalue weighted by atomic mass is 16.3. The Bertz CT molecular complexity index is 786. The van der Waals surface area contributed by atoms with E-state index in [1.807, 2.05) is 35.8 Å². The van der Waals surface area contributed by atoms with E-state index in [2.05, 4.69) is 10.3 Å². The second-order valence-corrected chi connectivity index (χ2v) is 6.57. The van der Waals surface area contributed by atoms with Crippen molar-refractivity contribution in [2.75, 3.05) is 13.1 Å². The van der Waals surface area contributed by atoms with Gasteiger partial charge in [-0.15, -0.1) is 0 Å². The zero-order chi connectivity index (χ0) is 18.0. The Kier molecular flexibility index (Phi) is 5.03. The minimum absolute atomic E-state index is 0.00179. The quantitative estimate of drug-likeness (QED) is 0.863. The number of fused-ring (bicyclic) bond motifs is 1. The van der Waals surface area contributed by atoms with E-state index in [-0.39, 0.29) is 24.4 Å². The highest BCUT2D eigenvalue weighted by Gasteiger charge is 2.27. The number of hydrogen-bond donors (Lipinski definition) is 2. The highest BCUT2D eigenvalue weighted by Crippen LogP contribution is 2.17. The summed E-state index contributed by atoms with van der Waals surface area (Å²) in [6.07, 6.45) is 0.383. The molecule has 2 N–H and O–H groups in total. The van der Waals surface area contributed by atoms with Crippen LogP contribution in [0.15, 0.2) is 24.3 Å². The van der Waals surface area contributed by atoms with Gasteiger partial charge in [-0.1, -0.05) is 12.1 Å². The molecular weight excluding hydrogens is 320 g/mol. The van der Waals surface area contributed by atoms with Gasteiger partial charge in [-0.05, 0) is 31.9 Å². The van der Waals surface area contributed by atoms with E-state index < -0.39 is 6.10 Å². The van der Waals surface area contributed by atoms with Crippen LogP contribution in [0, 0.1) is 6.92 Å². The normalized spacial score (nSPS) is 21.2. The van der Waals surface area contributed by atoms with Crippen LogP contribution in [-0.4, -0.2) is 56.6 Å². The summed E-state index contributed by atoms with van der Waals surface area (Å²) >= 11 is 0. The molecule has 2 heterocycles. The number of aliphatic hydroxyl groups excluding tert-OH is 1. The Morgan fingerprint density at radius 1 is 1.28 bits per heavy atom. The van der Waals surface area contributed by atoms with Crippen molar-refractivity contribution in [2.45, 2.75) is 45.4 Å². The molecule has 7 heteroatoms. The fraction of sp³-hybridized carbons (Fsp3) is 0.500. The third kappa shape index (κ3) is 3.82. The molecular formula is C18H24N4O3. The Balaban J connectivity index is 1.71. The fourth-order valence-corrected chi connectivity index (χ4v) is 3.40. The molecule has 0 bridgehead atoms. The largest absolute Gasteiger partial charge is 0.391 e. The number of carbonyl (C=O) groups excluding carboxylic acids is 2. The summed E-state index contributed by atoms with van der Waals surface area (Å²) in [5.41, 5.74) is 1.82. The lowest BCUT2D eigenvalue weighted by Crippen LogP contribution is -2.42.